The van der Waals surface area contributed by atoms with Gasteiger partial charge in [0.05, 0.1) is 11.6 Å². The second-order valence-electron chi connectivity index (χ2n) is 9.20. The summed E-state index contributed by atoms with van der Waals surface area (Å²) >= 11 is 0. The van der Waals surface area contributed by atoms with Crippen LogP contribution in [-0.4, -0.2) is 65.3 Å². The lowest BCUT2D eigenvalue weighted by Crippen LogP contribution is -2.53. The van der Waals surface area contributed by atoms with Crippen molar-refractivity contribution in [3.63, 3.8) is 0 Å². The summed E-state index contributed by atoms with van der Waals surface area (Å²) in [5, 5.41) is 20.0. The molecule has 1 amide bonds. The van der Waals surface area contributed by atoms with Crippen LogP contribution in [0.1, 0.15) is 35.2 Å². The van der Waals surface area contributed by atoms with Crippen molar-refractivity contribution >= 4 is 22.6 Å². The van der Waals surface area contributed by atoms with Crippen molar-refractivity contribution in [2.75, 3.05) is 38.5 Å². The molecule has 0 radical (unpaired) electrons. The summed E-state index contributed by atoms with van der Waals surface area (Å²) in [6.45, 7) is 4.04. The number of fused-ring (bicyclic) bond motifs is 3. The number of aromatic nitrogens is 2. The Kier molecular flexibility index (Phi) is 5.97. The molecule has 170 valence electrons. The second kappa shape index (κ2) is 9.20. The number of rotatable bonds is 7. The van der Waals surface area contributed by atoms with Crippen LogP contribution in [0.5, 0.6) is 0 Å². The molecule has 1 aliphatic carbocycles. The van der Waals surface area contributed by atoms with Crippen LogP contribution >= 0.6 is 0 Å². The van der Waals surface area contributed by atoms with Gasteiger partial charge in [-0.25, -0.2) is 4.63 Å². The number of hydrogen-bond donors (Lipinski definition) is 1. The number of anilines is 1. The Morgan fingerprint density at radius 2 is 1.88 bits per heavy atom. The van der Waals surface area contributed by atoms with Gasteiger partial charge in [-0.1, -0.05) is 0 Å². The monoisotopic (exact) mass is 444 g/mol. The van der Waals surface area contributed by atoms with Crippen molar-refractivity contribution in [1.82, 2.24) is 20.1 Å². The second-order valence-corrected chi connectivity index (χ2v) is 9.20. The summed E-state index contributed by atoms with van der Waals surface area (Å²) in [5.74, 6) is 1.07. The van der Waals surface area contributed by atoms with Gasteiger partial charge in [0.1, 0.15) is 11.0 Å². The molecule has 33 heavy (non-hydrogen) atoms. The summed E-state index contributed by atoms with van der Waals surface area (Å²) in [7, 11) is 1.95. The van der Waals surface area contributed by atoms with Gasteiger partial charge in [-0.2, -0.15) is 5.26 Å². The van der Waals surface area contributed by atoms with Gasteiger partial charge in [0.15, 0.2) is 0 Å². The number of benzene rings is 2. The number of carbonyl (C=O) groups excluding carboxylic acids is 1. The van der Waals surface area contributed by atoms with Gasteiger partial charge in [0, 0.05) is 44.0 Å². The van der Waals surface area contributed by atoms with Gasteiger partial charge < -0.3 is 15.1 Å². The first-order valence-corrected chi connectivity index (χ1v) is 11.6. The molecule has 1 N–H and O–H groups in total. The molecule has 1 saturated carbocycles. The molecule has 2 unspecified atom stereocenters. The van der Waals surface area contributed by atoms with E-state index in [1.54, 1.807) is 12.1 Å². The van der Waals surface area contributed by atoms with E-state index < -0.39 is 0 Å². The fourth-order valence-electron chi connectivity index (χ4n) is 5.56. The number of carbonyl (C=O) groups is 1. The van der Waals surface area contributed by atoms with E-state index in [0.717, 1.165) is 38.3 Å². The SMILES string of the molecule is CN(C(=O)c1ccc2nonc2c1)C1C2CCC1CN(CCCNc1ccc(C#N)cc1)C2. The van der Waals surface area contributed by atoms with Crippen LogP contribution in [0.25, 0.3) is 11.0 Å². The summed E-state index contributed by atoms with van der Waals surface area (Å²) < 4.78 is 4.76. The molecule has 1 saturated heterocycles. The zero-order valence-corrected chi connectivity index (χ0v) is 18.8. The largest absolute Gasteiger partial charge is 0.385 e. The fraction of sp³-hybridized carbons (Fsp3) is 0.440. The van der Waals surface area contributed by atoms with Crippen LogP contribution in [0.3, 0.4) is 0 Å². The molecule has 2 fully saturated rings. The molecule has 0 spiro atoms. The molecule has 3 aromatic rings. The first-order chi connectivity index (χ1) is 16.1. The first kappa shape index (κ1) is 21.4. The van der Waals surface area contributed by atoms with Crippen LogP contribution in [0.2, 0.25) is 0 Å². The molecule has 2 atom stereocenters. The zero-order chi connectivity index (χ0) is 22.8. The van der Waals surface area contributed by atoms with Crippen molar-refractivity contribution < 1.29 is 9.42 Å². The number of nitrogens with zero attached hydrogens (tertiary/aromatic N) is 5. The highest BCUT2D eigenvalue weighted by atomic mass is 16.6. The van der Waals surface area contributed by atoms with Gasteiger partial charge >= 0.3 is 0 Å². The normalized spacial score (nSPS) is 22.2. The van der Waals surface area contributed by atoms with E-state index in [4.69, 9.17) is 9.89 Å². The van der Waals surface area contributed by atoms with Crippen molar-refractivity contribution in [1.29, 1.82) is 5.26 Å². The minimum absolute atomic E-state index is 0.0434. The lowest BCUT2D eigenvalue weighted by atomic mass is 9.90. The van der Waals surface area contributed by atoms with E-state index in [2.05, 4.69) is 26.6 Å². The maximum atomic E-state index is 13.2. The Labute approximate surface area is 193 Å². The minimum Gasteiger partial charge on any atom is -0.385 e. The molecule has 2 aliphatic rings. The van der Waals surface area contributed by atoms with Crippen LogP contribution in [-0.2, 0) is 0 Å². The summed E-state index contributed by atoms with van der Waals surface area (Å²) in [6, 6.07) is 15.4. The van der Waals surface area contributed by atoms with Crippen LogP contribution < -0.4 is 5.32 Å². The van der Waals surface area contributed by atoms with E-state index >= 15 is 0 Å². The quantitative estimate of drug-likeness (QED) is 0.558. The Bertz CT molecular complexity index is 1150. The van der Waals surface area contributed by atoms with E-state index in [-0.39, 0.29) is 11.9 Å². The smallest absolute Gasteiger partial charge is 0.253 e. The topological polar surface area (TPSA) is 98.3 Å². The van der Waals surface area contributed by atoms with Gasteiger partial charge in [0.2, 0.25) is 0 Å². The average molecular weight is 445 g/mol. The minimum atomic E-state index is 0.0434. The summed E-state index contributed by atoms with van der Waals surface area (Å²) in [6.07, 6.45) is 3.42. The highest BCUT2D eigenvalue weighted by molar-refractivity contribution is 5.97. The number of hydrogen-bond acceptors (Lipinski definition) is 7. The number of nitrogens with one attached hydrogen (secondary N) is 1. The first-order valence-electron chi connectivity index (χ1n) is 11.6. The highest BCUT2D eigenvalue weighted by Gasteiger charge is 2.45. The fourth-order valence-corrected chi connectivity index (χ4v) is 5.56. The number of likely N-dealkylation sites (tertiary alicyclic amines) is 1. The van der Waals surface area contributed by atoms with Crippen molar-refractivity contribution in [2.45, 2.75) is 25.3 Å². The maximum absolute atomic E-state index is 13.2. The lowest BCUT2D eigenvalue weighted by Gasteiger charge is -2.42. The van der Waals surface area contributed by atoms with Crippen LogP contribution in [0.4, 0.5) is 5.69 Å². The van der Waals surface area contributed by atoms with Gasteiger partial charge in [-0.15, -0.1) is 0 Å². The molecule has 2 heterocycles. The number of piperidine rings is 1. The predicted octanol–water partition coefficient (Wildman–Crippen LogP) is 3.38. The molecule has 1 aromatic heterocycles. The highest BCUT2D eigenvalue weighted by Crippen LogP contribution is 2.40. The van der Waals surface area contributed by atoms with E-state index in [1.165, 1.54) is 12.8 Å². The van der Waals surface area contributed by atoms with E-state index in [1.807, 2.05) is 42.3 Å². The average Bonchev–Trinajstić information content (AvgIpc) is 3.42. The molecule has 5 rings (SSSR count). The molecular formula is C25H28N6O2. The Balaban J connectivity index is 1.13. The summed E-state index contributed by atoms with van der Waals surface area (Å²) in [5.41, 5.74) is 3.64. The van der Waals surface area contributed by atoms with Crippen LogP contribution in [0, 0.1) is 23.2 Å². The summed E-state index contributed by atoms with van der Waals surface area (Å²) in [4.78, 5) is 17.7. The van der Waals surface area contributed by atoms with Gasteiger partial charge in [0.25, 0.3) is 5.91 Å². The standard InChI is InChI=1S/C25H28N6O2/c1-30(25(32)18-7-10-22-23(13-18)29-33-28-22)24-19-5-6-20(24)16-31(15-19)12-2-11-27-21-8-3-17(14-26)4-9-21/h3-4,7-10,13,19-20,24,27H,2,5-6,11-12,15-16H2,1H3. The van der Waals surface area contributed by atoms with Crippen LogP contribution in [0.15, 0.2) is 47.1 Å². The van der Waals surface area contributed by atoms with Crippen molar-refractivity contribution in [3.05, 3.63) is 53.6 Å². The zero-order valence-electron chi connectivity index (χ0n) is 18.8. The predicted molar refractivity (Wildman–Crippen MR) is 125 cm³/mol. The third kappa shape index (κ3) is 4.41. The molecule has 1 aliphatic heterocycles. The molecule has 8 nitrogen and oxygen atoms in total. The third-order valence-electron chi connectivity index (χ3n) is 7.12. The van der Waals surface area contributed by atoms with E-state index in [0.29, 0.717) is 34.0 Å². The molecule has 2 aromatic carbocycles. The Morgan fingerprint density at radius 1 is 1.15 bits per heavy atom. The number of nitriles is 1. The Morgan fingerprint density at radius 3 is 2.61 bits per heavy atom. The van der Waals surface area contributed by atoms with Crippen molar-refractivity contribution in [3.8, 4) is 6.07 Å². The number of amides is 1. The lowest BCUT2D eigenvalue weighted by molar-refractivity contribution is 0.0434. The maximum Gasteiger partial charge on any atom is 0.253 e. The molecule has 2 bridgehead atoms. The molecule has 8 heteroatoms. The van der Waals surface area contributed by atoms with Crippen molar-refractivity contribution in [2.24, 2.45) is 11.8 Å². The third-order valence-corrected chi connectivity index (χ3v) is 7.12. The molecular weight excluding hydrogens is 416 g/mol. The van der Waals surface area contributed by atoms with E-state index in [9.17, 15) is 4.79 Å². The van der Waals surface area contributed by atoms with Gasteiger partial charge in [-0.3, -0.25) is 4.79 Å². The van der Waals surface area contributed by atoms with Gasteiger partial charge in [-0.05, 0) is 90.4 Å². The Hall–Kier alpha value is -3.44.